The average molecular weight is 437 g/mol. The van der Waals surface area contributed by atoms with Crippen LogP contribution in [0.5, 0.6) is 17.2 Å². The zero-order valence-electron chi connectivity index (χ0n) is 19.5. The predicted molar refractivity (Wildman–Crippen MR) is 133 cm³/mol. The Balaban J connectivity index is 1.44. The van der Waals surface area contributed by atoms with Crippen molar-refractivity contribution in [3.8, 4) is 17.2 Å². The van der Waals surface area contributed by atoms with Crippen LogP contribution in [0.25, 0.3) is 0 Å². The van der Waals surface area contributed by atoms with Gasteiger partial charge in [0.2, 0.25) is 0 Å². The molecule has 0 fully saturated rings. The summed E-state index contributed by atoms with van der Waals surface area (Å²) in [5, 5.41) is 0. The molecular formula is C30H28O3. The summed E-state index contributed by atoms with van der Waals surface area (Å²) in [6, 6.07) is 31.2. The maximum Gasteiger partial charge on any atom is 0.193 e. The van der Waals surface area contributed by atoms with Gasteiger partial charge in [0.15, 0.2) is 5.78 Å². The number of methoxy groups -OCH3 is 1. The summed E-state index contributed by atoms with van der Waals surface area (Å²) < 4.78 is 11.2. The molecule has 0 spiro atoms. The maximum atomic E-state index is 12.7. The van der Waals surface area contributed by atoms with Crippen LogP contribution in [0, 0.1) is 6.92 Å². The Morgan fingerprint density at radius 3 is 1.45 bits per heavy atom. The van der Waals surface area contributed by atoms with Gasteiger partial charge in [0, 0.05) is 16.5 Å². The lowest BCUT2D eigenvalue weighted by molar-refractivity contribution is 0.103. The Morgan fingerprint density at radius 2 is 1.00 bits per heavy atom. The van der Waals surface area contributed by atoms with Gasteiger partial charge in [-0.2, -0.15) is 0 Å². The van der Waals surface area contributed by atoms with Crippen LogP contribution < -0.4 is 9.47 Å². The van der Waals surface area contributed by atoms with Gasteiger partial charge in [-0.3, -0.25) is 4.79 Å². The molecule has 0 amide bonds. The van der Waals surface area contributed by atoms with Crippen molar-refractivity contribution >= 4 is 5.78 Å². The second-order valence-electron chi connectivity index (χ2n) is 8.70. The molecule has 4 rings (SSSR count). The number of aryl methyl sites for hydroxylation is 1. The molecule has 0 N–H and O–H groups in total. The number of carbonyl (C=O) groups excluding carboxylic acids is 1. The van der Waals surface area contributed by atoms with E-state index < -0.39 is 0 Å². The van der Waals surface area contributed by atoms with E-state index in [9.17, 15) is 4.79 Å². The molecule has 0 aliphatic rings. The van der Waals surface area contributed by atoms with Crippen molar-refractivity contribution < 1.29 is 14.3 Å². The van der Waals surface area contributed by atoms with E-state index in [0.717, 1.165) is 11.5 Å². The van der Waals surface area contributed by atoms with Crippen molar-refractivity contribution in [2.75, 3.05) is 7.11 Å². The molecule has 4 aromatic carbocycles. The molecule has 0 radical (unpaired) electrons. The third kappa shape index (κ3) is 4.98. The molecule has 33 heavy (non-hydrogen) atoms. The van der Waals surface area contributed by atoms with Crippen LogP contribution in [0.15, 0.2) is 97.1 Å². The van der Waals surface area contributed by atoms with Gasteiger partial charge < -0.3 is 9.47 Å². The summed E-state index contributed by atoms with van der Waals surface area (Å²) in [7, 11) is 1.61. The summed E-state index contributed by atoms with van der Waals surface area (Å²) in [6.07, 6.45) is 0. The third-order valence-electron chi connectivity index (χ3n) is 6.05. The Kier molecular flexibility index (Phi) is 6.32. The highest BCUT2D eigenvalue weighted by molar-refractivity contribution is 6.09. The van der Waals surface area contributed by atoms with Gasteiger partial charge in [0.1, 0.15) is 17.2 Å². The van der Waals surface area contributed by atoms with Crippen LogP contribution >= 0.6 is 0 Å². The number of rotatable bonds is 7. The van der Waals surface area contributed by atoms with E-state index in [-0.39, 0.29) is 11.2 Å². The lowest BCUT2D eigenvalue weighted by atomic mass is 9.78. The van der Waals surface area contributed by atoms with Crippen molar-refractivity contribution in [2.45, 2.75) is 26.2 Å². The summed E-state index contributed by atoms with van der Waals surface area (Å²) in [5.41, 5.74) is 4.89. The SMILES string of the molecule is COc1ccc(C(=O)c2ccc(Oc3ccc(C(C)(C)c4ccc(C)cc4)cc3)cc2)cc1. The monoisotopic (exact) mass is 436 g/mol. The lowest BCUT2D eigenvalue weighted by Gasteiger charge is -2.26. The molecule has 0 aliphatic heterocycles. The highest BCUT2D eigenvalue weighted by Crippen LogP contribution is 2.33. The minimum absolute atomic E-state index is 0.0353. The number of ketones is 1. The van der Waals surface area contributed by atoms with Crippen LogP contribution in [0.1, 0.15) is 46.5 Å². The van der Waals surface area contributed by atoms with E-state index in [2.05, 4.69) is 57.2 Å². The van der Waals surface area contributed by atoms with Gasteiger partial charge >= 0.3 is 0 Å². The van der Waals surface area contributed by atoms with Gasteiger partial charge in [-0.1, -0.05) is 55.8 Å². The van der Waals surface area contributed by atoms with E-state index in [0.29, 0.717) is 16.9 Å². The van der Waals surface area contributed by atoms with E-state index >= 15 is 0 Å². The first kappa shape index (κ1) is 22.3. The first-order chi connectivity index (χ1) is 15.9. The molecule has 0 saturated carbocycles. The Bertz CT molecular complexity index is 1220. The topological polar surface area (TPSA) is 35.5 Å². The lowest BCUT2D eigenvalue weighted by Crippen LogP contribution is -2.18. The average Bonchev–Trinajstić information content (AvgIpc) is 2.85. The van der Waals surface area contributed by atoms with E-state index in [4.69, 9.17) is 9.47 Å². The number of ether oxygens (including phenoxy) is 2. The minimum Gasteiger partial charge on any atom is -0.497 e. The number of hydrogen-bond donors (Lipinski definition) is 0. The van der Waals surface area contributed by atoms with Crippen molar-refractivity contribution in [3.05, 3.63) is 125 Å². The fourth-order valence-electron chi connectivity index (χ4n) is 3.80. The van der Waals surface area contributed by atoms with Crippen molar-refractivity contribution in [3.63, 3.8) is 0 Å². The van der Waals surface area contributed by atoms with Gasteiger partial charge in [0.25, 0.3) is 0 Å². The maximum absolute atomic E-state index is 12.7. The zero-order valence-corrected chi connectivity index (χ0v) is 19.5. The molecule has 4 aromatic rings. The number of hydrogen-bond acceptors (Lipinski definition) is 3. The third-order valence-corrected chi connectivity index (χ3v) is 6.05. The Morgan fingerprint density at radius 1 is 0.606 bits per heavy atom. The molecule has 0 aromatic heterocycles. The molecule has 0 bridgehead atoms. The molecule has 166 valence electrons. The molecule has 3 heteroatoms. The summed E-state index contributed by atoms with van der Waals surface area (Å²) in [4.78, 5) is 12.7. The fraction of sp³-hybridized carbons (Fsp3) is 0.167. The van der Waals surface area contributed by atoms with Gasteiger partial charge in [0.05, 0.1) is 7.11 Å². The molecule has 0 unspecified atom stereocenters. The van der Waals surface area contributed by atoms with Crippen LogP contribution in [-0.2, 0) is 5.41 Å². The highest BCUT2D eigenvalue weighted by Gasteiger charge is 2.23. The first-order valence-corrected chi connectivity index (χ1v) is 11.0. The Hall–Kier alpha value is -3.85. The van der Waals surface area contributed by atoms with Crippen molar-refractivity contribution in [2.24, 2.45) is 0 Å². The standard InChI is InChI=1S/C30H28O3/c1-21-5-11-24(12-6-21)30(2,3)25-13-19-28(20-14-25)33-27-17-9-23(10-18-27)29(31)22-7-15-26(32-4)16-8-22/h5-20H,1-4H3. The van der Waals surface area contributed by atoms with Crippen LogP contribution in [0.3, 0.4) is 0 Å². The first-order valence-electron chi connectivity index (χ1n) is 11.0. The van der Waals surface area contributed by atoms with Gasteiger partial charge in [-0.05, 0) is 78.7 Å². The second-order valence-corrected chi connectivity index (χ2v) is 8.70. The van der Waals surface area contributed by atoms with Gasteiger partial charge in [-0.25, -0.2) is 0 Å². The summed E-state index contributed by atoms with van der Waals surface area (Å²) in [6.45, 7) is 6.56. The fourth-order valence-corrected chi connectivity index (χ4v) is 3.80. The molecule has 0 heterocycles. The molecule has 0 atom stereocenters. The largest absolute Gasteiger partial charge is 0.497 e. The minimum atomic E-state index is -0.101. The van der Waals surface area contributed by atoms with Crippen molar-refractivity contribution in [1.82, 2.24) is 0 Å². The quantitative estimate of drug-likeness (QED) is 0.284. The van der Waals surface area contributed by atoms with E-state index in [1.54, 1.807) is 43.5 Å². The van der Waals surface area contributed by atoms with Crippen molar-refractivity contribution in [1.29, 1.82) is 0 Å². The zero-order chi connectivity index (χ0) is 23.4. The summed E-state index contributed by atoms with van der Waals surface area (Å²) >= 11 is 0. The Labute approximate surface area is 195 Å². The molecule has 0 aliphatic carbocycles. The normalized spacial score (nSPS) is 11.2. The number of benzene rings is 4. The highest BCUT2D eigenvalue weighted by atomic mass is 16.5. The number of carbonyl (C=O) groups is 1. The molecule has 3 nitrogen and oxygen atoms in total. The van der Waals surface area contributed by atoms with E-state index in [1.807, 2.05) is 24.3 Å². The molecular weight excluding hydrogens is 408 g/mol. The van der Waals surface area contributed by atoms with Crippen LogP contribution in [0.2, 0.25) is 0 Å². The second kappa shape index (κ2) is 9.33. The van der Waals surface area contributed by atoms with E-state index in [1.165, 1.54) is 16.7 Å². The van der Waals surface area contributed by atoms with Crippen LogP contribution in [-0.4, -0.2) is 12.9 Å². The smallest absolute Gasteiger partial charge is 0.193 e. The van der Waals surface area contributed by atoms with Crippen LogP contribution in [0.4, 0.5) is 0 Å². The van der Waals surface area contributed by atoms with Gasteiger partial charge in [-0.15, -0.1) is 0 Å². The summed E-state index contributed by atoms with van der Waals surface area (Å²) in [5.74, 6) is 2.13. The predicted octanol–water partition coefficient (Wildman–Crippen LogP) is 7.35. The molecule has 0 saturated heterocycles.